The Morgan fingerprint density at radius 3 is 2.00 bits per heavy atom. The van der Waals surface area contributed by atoms with E-state index in [1.54, 1.807) is 7.05 Å². The van der Waals surface area contributed by atoms with Crippen molar-refractivity contribution in [2.24, 2.45) is 0 Å². The summed E-state index contributed by atoms with van der Waals surface area (Å²) in [7, 11) is 1.59. The van der Waals surface area contributed by atoms with Gasteiger partial charge in [-0.05, 0) is 7.05 Å². The number of likely N-dealkylation sites (tertiary alicyclic amines) is 1. The molecule has 0 amide bonds. The lowest BCUT2D eigenvalue weighted by atomic mass is 10.2. The van der Waals surface area contributed by atoms with Crippen LogP contribution in [0.1, 0.15) is 0 Å². The molecule has 70 valence electrons. The lowest BCUT2D eigenvalue weighted by Crippen LogP contribution is -2.39. The Morgan fingerprint density at radius 1 is 1.33 bits per heavy atom. The lowest BCUT2D eigenvalue weighted by molar-refractivity contribution is -0.141. The SMILES string of the molecule is CN1C(Cl)C(Cl)C(Cl)C1C(=O)O. The number of likely N-dealkylation sites (N-methyl/N-ethyl adjacent to an activating group) is 1. The number of carboxylic acid groups (broad SMARTS) is 1. The average molecular weight is 232 g/mol. The van der Waals surface area contributed by atoms with Gasteiger partial charge in [0, 0.05) is 0 Å². The molecule has 1 rings (SSSR count). The fourth-order valence-corrected chi connectivity index (χ4v) is 2.33. The van der Waals surface area contributed by atoms with E-state index in [4.69, 9.17) is 39.9 Å². The highest BCUT2D eigenvalue weighted by Gasteiger charge is 2.48. The molecular formula is C6H8Cl3NO2. The smallest absolute Gasteiger partial charge is 0.322 e. The van der Waals surface area contributed by atoms with Crippen molar-refractivity contribution in [1.29, 1.82) is 0 Å². The van der Waals surface area contributed by atoms with Crippen molar-refractivity contribution >= 4 is 40.8 Å². The minimum atomic E-state index is -0.994. The van der Waals surface area contributed by atoms with E-state index in [2.05, 4.69) is 0 Å². The molecule has 1 N–H and O–H groups in total. The van der Waals surface area contributed by atoms with Gasteiger partial charge in [-0.2, -0.15) is 0 Å². The van der Waals surface area contributed by atoms with E-state index in [0.717, 1.165) is 0 Å². The molecule has 4 atom stereocenters. The number of carbonyl (C=O) groups is 1. The second kappa shape index (κ2) is 3.58. The number of aliphatic carboxylic acids is 1. The first kappa shape index (κ1) is 10.4. The van der Waals surface area contributed by atoms with E-state index < -0.39 is 28.3 Å². The Morgan fingerprint density at radius 2 is 1.83 bits per heavy atom. The van der Waals surface area contributed by atoms with Gasteiger partial charge in [-0.25, -0.2) is 0 Å². The summed E-state index contributed by atoms with van der Waals surface area (Å²) in [6.45, 7) is 0. The summed E-state index contributed by atoms with van der Waals surface area (Å²) >= 11 is 17.3. The van der Waals surface area contributed by atoms with Crippen LogP contribution in [0.15, 0.2) is 0 Å². The molecule has 0 aliphatic carbocycles. The van der Waals surface area contributed by atoms with Gasteiger partial charge < -0.3 is 5.11 Å². The maximum absolute atomic E-state index is 10.7. The number of nitrogens with zero attached hydrogens (tertiary/aromatic N) is 1. The summed E-state index contributed by atoms with van der Waals surface area (Å²) in [5, 5.41) is 7.58. The molecular weight excluding hydrogens is 224 g/mol. The van der Waals surface area contributed by atoms with Crippen LogP contribution in [0.5, 0.6) is 0 Å². The summed E-state index contributed by atoms with van der Waals surface area (Å²) < 4.78 is 0. The standard InChI is InChI=1S/C6H8Cl3NO2/c1-10-4(6(11)12)2(7)3(8)5(10)9/h2-5H,1H3,(H,11,12). The molecule has 0 aromatic rings. The van der Waals surface area contributed by atoms with Crippen LogP contribution in [-0.4, -0.2) is 45.3 Å². The van der Waals surface area contributed by atoms with Gasteiger partial charge in [0.25, 0.3) is 0 Å². The van der Waals surface area contributed by atoms with Crippen LogP contribution in [0.2, 0.25) is 0 Å². The third-order valence-electron chi connectivity index (χ3n) is 1.95. The minimum Gasteiger partial charge on any atom is -0.480 e. The number of hydrogen-bond donors (Lipinski definition) is 1. The average Bonchev–Trinajstić information content (AvgIpc) is 2.16. The van der Waals surface area contributed by atoms with E-state index in [9.17, 15) is 4.79 Å². The molecule has 1 aliphatic rings. The predicted octanol–water partition coefficient (Wildman–Crippen LogP) is 1.16. The highest BCUT2D eigenvalue weighted by molar-refractivity contribution is 6.36. The fraction of sp³-hybridized carbons (Fsp3) is 0.833. The highest BCUT2D eigenvalue weighted by Crippen LogP contribution is 2.33. The van der Waals surface area contributed by atoms with Gasteiger partial charge in [0.2, 0.25) is 0 Å². The normalized spacial score (nSPS) is 43.3. The molecule has 3 nitrogen and oxygen atoms in total. The van der Waals surface area contributed by atoms with E-state index in [1.165, 1.54) is 4.90 Å². The zero-order valence-corrected chi connectivity index (χ0v) is 8.51. The second-order valence-corrected chi connectivity index (χ2v) is 4.17. The summed E-state index contributed by atoms with van der Waals surface area (Å²) in [6, 6.07) is -0.795. The van der Waals surface area contributed by atoms with Gasteiger partial charge in [-0.1, -0.05) is 0 Å². The Labute approximate surface area is 85.2 Å². The number of alkyl halides is 3. The van der Waals surface area contributed by atoms with E-state index >= 15 is 0 Å². The molecule has 1 aliphatic heterocycles. The van der Waals surface area contributed by atoms with Crippen molar-refractivity contribution in [3.63, 3.8) is 0 Å². The highest BCUT2D eigenvalue weighted by atomic mass is 35.5. The molecule has 1 heterocycles. The molecule has 1 saturated heterocycles. The van der Waals surface area contributed by atoms with Gasteiger partial charge in [-0.3, -0.25) is 9.69 Å². The van der Waals surface area contributed by atoms with E-state index in [0.29, 0.717) is 0 Å². The molecule has 4 unspecified atom stereocenters. The molecule has 0 spiro atoms. The quantitative estimate of drug-likeness (QED) is 0.545. The molecule has 0 radical (unpaired) electrons. The summed E-state index contributed by atoms with van der Waals surface area (Å²) in [5.74, 6) is -0.994. The van der Waals surface area contributed by atoms with Crippen LogP contribution in [0.4, 0.5) is 0 Å². The van der Waals surface area contributed by atoms with E-state index in [-0.39, 0.29) is 0 Å². The first-order chi connectivity index (χ1) is 5.46. The Hall–Kier alpha value is 0.300. The number of rotatable bonds is 1. The first-order valence-corrected chi connectivity index (χ1v) is 4.64. The summed E-state index contributed by atoms with van der Waals surface area (Å²) in [6.07, 6.45) is 0. The van der Waals surface area contributed by atoms with Crippen LogP contribution in [0.25, 0.3) is 0 Å². The summed E-state index contributed by atoms with van der Waals surface area (Å²) in [5.41, 5.74) is -0.518. The molecule has 6 heteroatoms. The van der Waals surface area contributed by atoms with Crippen molar-refractivity contribution in [3.05, 3.63) is 0 Å². The third-order valence-corrected chi connectivity index (χ3v) is 3.81. The van der Waals surface area contributed by atoms with Crippen LogP contribution in [0.3, 0.4) is 0 Å². The van der Waals surface area contributed by atoms with Crippen LogP contribution in [-0.2, 0) is 4.79 Å². The number of halogens is 3. The van der Waals surface area contributed by atoms with Gasteiger partial charge >= 0.3 is 5.97 Å². The van der Waals surface area contributed by atoms with Gasteiger partial charge in [-0.15, -0.1) is 34.8 Å². The van der Waals surface area contributed by atoms with E-state index in [1.807, 2.05) is 0 Å². The van der Waals surface area contributed by atoms with Crippen molar-refractivity contribution in [1.82, 2.24) is 4.90 Å². The molecule has 0 saturated carbocycles. The molecule has 12 heavy (non-hydrogen) atoms. The third kappa shape index (κ3) is 1.51. The zero-order chi connectivity index (χ0) is 9.46. The topological polar surface area (TPSA) is 40.5 Å². The molecule has 1 fully saturated rings. The van der Waals surface area contributed by atoms with Crippen LogP contribution >= 0.6 is 34.8 Å². The Bertz CT molecular complexity index is 187. The first-order valence-electron chi connectivity index (χ1n) is 3.33. The maximum Gasteiger partial charge on any atom is 0.322 e. The fourth-order valence-electron chi connectivity index (χ4n) is 1.24. The monoisotopic (exact) mass is 231 g/mol. The lowest BCUT2D eigenvalue weighted by Gasteiger charge is -2.18. The Balaban J connectivity index is 2.83. The van der Waals surface area contributed by atoms with Crippen molar-refractivity contribution in [2.45, 2.75) is 22.3 Å². The largest absolute Gasteiger partial charge is 0.480 e. The summed E-state index contributed by atoms with van der Waals surface area (Å²) in [4.78, 5) is 12.1. The Kier molecular flexibility index (Phi) is 3.10. The van der Waals surface area contributed by atoms with Gasteiger partial charge in [0.15, 0.2) is 0 Å². The maximum atomic E-state index is 10.7. The molecule has 0 aromatic carbocycles. The predicted molar refractivity (Wildman–Crippen MR) is 48.1 cm³/mol. The number of hydrogen-bond acceptors (Lipinski definition) is 2. The molecule has 0 bridgehead atoms. The van der Waals surface area contributed by atoms with Gasteiger partial charge in [0.1, 0.15) is 11.5 Å². The van der Waals surface area contributed by atoms with Crippen molar-refractivity contribution < 1.29 is 9.90 Å². The number of carboxylic acids is 1. The van der Waals surface area contributed by atoms with Crippen molar-refractivity contribution in [2.75, 3.05) is 7.05 Å². The van der Waals surface area contributed by atoms with Gasteiger partial charge in [0.05, 0.1) is 10.8 Å². The molecule has 0 aromatic heterocycles. The minimum absolute atomic E-state index is 0.518. The second-order valence-electron chi connectivity index (χ2n) is 2.71. The van der Waals surface area contributed by atoms with Crippen LogP contribution in [0, 0.1) is 0 Å². The van der Waals surface area contributed by atoms with Crippen molar-refractivity contribution in [3.8, 4) is 0 Å². The van der Waals surface area contributed by atoms with Crippen LogP contribution < -0.4 is 0 Å². The zero-order valence-electron chi connectivity index (χ0n) is 6.25.